The molecule has 0 aliphatic rings. The zero-order valence-corrected chi connectivity index (χ0v) is 17.0. The zero-order chi connectivity index (χ0) is 19.0. The molecule has 4 nitrogen and oxygen atoms in total. The molecule has 0 spiro atoms. The van der Waals surface area contributed by atoms with Gasteiger partial charge < -0.3 is 13.9 Å². The molecule has 0 aliphatic heterocycles. The number of carbonyl (C=O) groups excluding carboxylic acids is 1. The molecule has 0 aromatic heterocycles. The number of methoxy groups -OCH3 is 1. The van der Waals surface area contributed by atoms with Gasteiger partial charge in [0, 0.05) is 0 Å². The fraction of sp³-hybridized carbons (Fsp3) is 0.381. The highest BCUT2D eigenvalue weighted by molar-refractivity contribution is 6.99. The van der Waals surface area contributed by atoms with Crippen LogP contribution in [0, 0.1) is 0 Å². The first-order chi connectivity index (χ1) is 12.4. The molecule has 0 bridgehead atoms. The van der Waals surface area contributed by atoms with Crippen LogP contribution in [0.4, 0.5) is 0 Å². The van der Waals surface area contributed by atoms with Crippen molar-refractivity contribution >= 4 is 24.7 Å². The monoisotopic (exact) mass is 372 g/mol. The van der Waals surface area contributed by atoms with Crippen LogP contribution in [-0.2, 0) is 18.7 Å². The highest BCUT2D eigenvalue weighted by Gasteiger charge is 2.49. The Bertz CT molecular complexity index is 641. The highest BCUT2D eigenvalue weighted by Crippen LogP contribution is 2.36. The summed E-state index contributed by atoms with van der Waals surface area (Å²) in [5.74, 6) is -0.379. The average molecular weight is 373 g/mol. The largest absolute Gasteiger partial charge is 0.467 e. The van der Waals surface area contributed by atoms with Crippen molar-refractivity contribution < 1.29 is 18.7 Å². The molecule has 2 rings (SSSR count). The standard InChI is InChI=1S/C21H28O4Si/c1-21(2,3)26(18-11-7-5-8-12-18,19-13-9-6-10-14-19)25-16-15-24-17-20(22)23-4/h5-14H,15-17H2,1-4H3. The zero-order valence-electron chi connectivity index (χ0n) is 16.0. The van der Waals surface area contributed by atoms with E-state index in [2.05, 4.69) is 74.0 Å². The van der Waals surface area contributed by atoms with Gasteiger partial charge >= 0.3 is 5.97 Å². The molecule has 2 aromatic rings. The van der Waals surface area contributed by atoms with Crippen LogP contribution in [0.5, 0.6) is 0 Å². The van der Waals surface area contributed by atoms with Crippen LogP contribution in [0.2, 0.25) is 5.04 Å². The lowest BCUT2D eigenvalue weighted by atomic mass is 10.2. The molecule has 5 heteroatoms. The van der Waals surface area contributed by atoms with E-state index in [-0.39, 0.29) is 17.6 Å². The second-order valence-corrected chi connectivity index (χ2v) is 11.4. The van der Waals surface area contributed by atoms with Gasteiger partial charge in [-0.1, -0.05) is 81.4 Å². The predicted octanol–water partition coefficient (Wildman–Crippen LogP) is 2.75. The molecule has 0 saturated heterocycles. The predicted molar refractivity (Wildman–Crippen MR) is 106 cm³/mol. The molecular weight excluding hydrogens is 344 g/mol. The fourth-order valence-electron chi connectivity index (χ4n) is 3.23. The Morgan fingerprint density at radius 1 is 0.885 bits per heavy atom. The van der Waals surface area contributed by atoms with Gasteiger partial charge in [-0.05, 0) is 15.4 Å². The lowest BCUT2D eigenvalue weighted by Crippen LogP contribution is -2.66. The normalized spacial score (nSPS) is 12.0. The topological polar surface area (TPSA) is 44.8 Å². The number of esters is 1. The Kier molecular flexibility index (Phi) is 7.14. The van der Waals surface area contributed by atoms with Crippen molar-refractivity contribution in [2.45, 2.75) is 25.8 Å². The molecule has 26 heavy (non-hydrogen) atoms. The van der Waals surface area contributed by atoms with E-state index < -0.39 is 8.32 Å². The van der Waals surface area contributed by atoms with Crippen molar-refractivity contribution in [1.82, 2.24) is 0 Å². The van der Waals surface area contributed by atoms with E-state index in [1.807, 2.05) is 12.1 Å². The summed E-state index contributed by atoms with van der Waals surface area (Å²) in [5, 5.41) is 2.39. The van der Waals surface area contributed by atoms with Gasteiger partial charge in [0.05, 0.1) is 20.3 Å². The average Bonchev–Trinajstić information content (AvgIpc) is 2.65. The Morgan fingerprint density at radius 3 is 1.81 bits per heavy atom. The molecule has 0 N–H and O–H groups in total. The third-order valence-electron chi connectivity index (χ3n) is 4.41. The molecule has 0 amide bonds. The van der Waals surface area contributed by atoms with Crippen molar-refractivity contribution in [3.05, 3.63) is 60.7 Å². The molecule has 0 radical (unpaired) electrons. The number of ether oxygens (including phenoxy) is 2. The molecule has 0 heterocycles. The van der Waals surface area contributed by atoms with E-state index in [4.69, 9.17) is 9.16 Å². The third-order valence-corrected chi connectivity index (χ3v) is 9.45. The molecule has 140 valence electrons. The maximum Gasteiger partial charge on any atom is 0.331 e. The quantitative estimate of drug-likeness (QED) is 0.406. The molecule has 0 atom stereocenters. The summed E-state index contributed by atoms with van der Waals surface area (Å²) in [6.45, 7) is 7.40. The summed E-state index contributed by atoms with van der Waals surface area (Å²) in [5.41, 5.74) is 0. The van der Waals surface area contributed by atoms with E-state index in [0.29, 0.717) is 13.2 Å². The lowest BCUT2D eigenvalue weighted by molar-refractivity contribution is -0.146. The summed E-state index contributed by atoms with van der Waals surface area (Å²) in [4.78, 5) is 11.2. The van der Waals surface area contributed by atoms with Crippen molar-refractivity contribution in [3.63, 3.8) is 0 Å². The van der Waals surface area contributed by atoms with E-state index >= 15 is 0 Å². The summed E-state index contributed by atoms with van der Waals surface area (Å²) in [7, 11) is -1.18. The van der Waals surface area contributed by atoms with Gasteiger partial charge in [-0.15, -0.1) is 0 Å². The second-order valence-electron chi connectivity index (χ2n) is 7.14. The minimum atomic E-state index is -2.53. The third kappa shape index (κ3) is 4.61. The fourth-order valence-corrected chi connectivity index (χ4v) is 7.77. The first kappa shape index (κ1) is 20.4. The van der Waals surface area contributed by atoms with Gasteiger partial charge in [0.15, 0.2) is 0 Å². The Morgan fingerprint density at radius 2 is 1.38 bits per heavy atom. The summed E-state index contributed by atoms with van der Waals surface area (Å²) >= 11 is 0. The molecular formula is C21H28O4Si. The number of benzene rings is 2. The molecule has 0 unspecified atom stereocenters. The molecule has 0 fully saturated rings. The molecule has 2 aromatic carbocycles. The highest BCUT2D eigenvalue weighted by atomic mass is 28.4. The smallest absolute Gasteiger partial charge is 0.331 e. The van der Waals surface area contributed by atoms with Crippen LogP contribution in [0.25, 0.3) is 0 Å². The van der Waals surface area contributed by atoms with Gasteiger partial charge in [-0.25, -0.2) is 4.79 Å². The Hall–Kier alpha value is -1.95. The minimum absolute atomic E-state index is 0.0550. The van der Waals surface area contributed by atoms with Crippen LogP contribution in [0.3, 0.4) is 0 Å². The molecule has 0 saturated carbocycles. The van der Waals surface area contributed by atoms with Gasteiger partial charge in [-0.3, -0.25) is 0 Å². The summed E-state index contributed by atoms with van der Waals surface area (Å²) in [6.07, 6.45) is 0. The summed E-state index contributed by atoms with van der Waals surface area (Å²) in [6, 6.07) is 20.9. The Balaban J connectivity index is 2.31. The van der Waals surface area contributed by atoms with Gasteiger partial charge in [-0.2, -0.15) is 0 Å². The van der Waals surface area contributed by atoms with Crippen molar-refractivity contribution in [1.29, 1.82) is 0 Å². The van der Waals surface area contributed by atoms with Crippen LogP contribution in [0.1, 0.15) is 20.8 Å². The van der Waals surface area contributed by atoms with Gasteiger partial charge in [0.2, 0.25) is 0 Å². The van der Waals surface area contributed by atoms with Crippen LogP contribution in [0.15, 0.2) is 60.7 Å². The number of rotatable bonds is 8. The number of hydrogen-bond donors (Lipinski definition) is 0. The first-order valence-corrected chi connectivity index (χ1v) is 10.7. The SMILES string of the molecule is COC(=O)COCCO[Si](c1ccccc1)(c1ccccc1)C(C)(C)C. The van der Waals surface area contributed by atoms with E-state index in [0.717, 1.165) is 0 Å². The van der Waals surface area contributed by atoms with Crippen molar-refractivity contribution in [2.75, 3.05) is 26.9 Å². The van der Waals surface area contributed by atoms with E-state index in [1.54, 1.807) is 0 Å². The maximum atomic E-state index is 11.2. The van der Waals surface area contributed by atoms with Gasteiger partial charge in [0.1, 0.15) is 6.61 Å². The Labute approximate surface area is 157 Å². The number of hydrogen-bond acceptors (Lipinski definition) is 4. The number of carbonyl (C=O) groups is 1. The van der Waals surface area contributed by atoms with Crippen LogP contribution in [-0.4, -0.2) is 41.2 Å². The van der Waals surface area contributed by atoms with Crippen LogP contribution >= 0.6 is 0 Å². The van der Waals surface area contributed by atoms with Crippen molar-refractivity contribution in [3.8, 4) is 0 Å². The lowest BCUT2D eigenvalue weighted by Gasteiger charge is -2.43. The molecule has 0 aliphatic carbocycles. The summed E-state index contributed by atoms with van der Waals surface area (Å²) < 4.78 is 16.6. The second kappa shape index (κ2) is 9.12. The van der Waals surface area contributed by atoms with Crippen molar-refractivity contribution in [2.24, 2.45) is 0 Å². The van der Waals surface area contributed by atoms with Crippen LogP contribution < -0.4 is 10.4 Å². The maximum absolute atomic E-state index is 11.2. The first-order valence-electron chi connectivity index (χ1n) is 8.81. The van der Waals surface area contributed by atoms with Gasteiger partial charge in [0.25, 0.3) is 8.32 Å². The minimum Gasteiger partial charge on any atom is -0.467 e. The van der Waals surface area contributed by atoms with E-state index in [9.17, 15) is 4.79 Å². The van der Waals surface area contributed by atoms with E-state index in [1.165, 1.54) is 17.5 Å².